The third kappa shape index (κ3) is 5.79. The summed E-state index contributed by atoms with van der Waals surface area (Å²) in [7, 11) is 0. The van der Waals surface area contributed by atoms with E-state index in [-0.39, 0.29) is 16.9 Å². The smallest absolute Gasteiger partial charge is 0.257 e. The van der Waals surface area contributed by atoms with E-state index in [0.717, 1.165) is 0 Å². The second-order valence-electron chi connectivity index (χ2n) is 5.92. The number of rotatable bonds is 7. The molecule has 28 heavy (non-hydrogen) atoms. The van der Waals surface area contributed by atoms with Crippen molar-refractivity contribution in [2.45, 2.75) is 20.8 Å². The normalized spacial score (nSPS) is 10.1. The van der Waals surface area contributed by atoms with Crippen LogP contribution in [0.5, 0.6) is 5.75 Å². The van der Waals surface area contributed by atoms with Crippen molar-refractivity contribution in [1.29, 1.82) is 0 Å². The van der Waals surface area contributed by atoms with E-state index >= 15 is 0 Å². The summed E-state index contributed by atoms with van der Waals surface area (Å²) >= 11 is 5.20. The van der Waals surface area contributed by atoms with Gasteiger partial charge in [0, 0.05) is 29.9 Å². The molecule has 0 aromatic heterocycles. The number of benzene rings is 2. The first-order valence-electron chi connectivity index (χ1n) is 9.23. The van der Waals surface area contributed by atoms with Crippen molar-refractivity contribution >= 4 is 34.8 Å². The van der Waals surface area contributed by atoms with E-state index in [0.29, 0.717) is 42.3 Å². The average molecular weight is 400 g/mol. The van der Waals surface area contributed by atoms with Gasteiger partial charge in [-0.05, 0) is 81.5 Å². The third-order valence-corrected chi connectivity index (χ3v) is 4.30. The lowest BCUT2D eigenvalue weighted by atomic mass is 10.2. The second-order valence-corrected chi connectivity index (χ2v) is 6.33. The molecule has 0 spiro atoms. The summed E-state index contributed by atoms with van der Waals surface area (Å²) in [6.45, 7) is 7.69. The van der Waals surface area contributed by atoms with E-state index in [1.807, 2.05) is 20.8 Å². The van der Waals surface area contributed by atoms with Crippen LogP contribution in [-0.2, 0) is 0 Å². The van der Waals surface area contributed by atoms with Gasteiger partial charge >= 0.3 is 0 Å². The van der Waals surface area contributed by atoms with Crippen molar-refractivity contribution in [3.63, 3.8) is 0 Å². The Morgan fingerprint density at radius 3 is 2.04 bits per heavy atom. The quantitative estimate of drug-likeness (QED) is 0.695. The summed E-state index contributed by atoms with van der Waals surface area (Å²) in [5.41, 5.74) is 1.78. The highest BCUT2D eigenvalue weighted by Gasteiger charge is 2.12. The number of nitrogens with zero attached hydrogens (tertiary/aromatic N) is 1. The van der Waals surface area contributed by atoms with Crippen LogP contribution in [0, 0.1) is 0 Å². The van der Waals surface area contributed by atoms with Crippen LogP contribution < -0.4 is 15.4 Å². The minimum absolute atomic E-state index is 0.0112. The van der Waals surface area contributed by atoms with Gasteiger partial charge in [0.1, 0.15) is 5.75 Å². The van der Waals surface area contributed by atoms with E-state index in [4.69, 9.17) is 17.0 Å². The van der Waals surface area contributed by atoms with E-state index in [9.17, 15) is 9.59 Å². The molecular weight excluding hydrogens is 374 g/mol. The molecule has 0 saturated carbocycles. The summed E-state index contributed by atoms with van der Waals surface area (Å²) in [4.78, 5) is 26.3. The number of thiocarbonyl (C=S) groups is 1. The molecule has 2 amide bonds. The van der Waals surface area contributed by atoms with E-state index in [1.54, 1.807) is 53.4 Å². The standard InChI is InChI=1S/C21H25N3O3S/c1-4-24(5-2)20(26)16-7-11-17(12-8-16)22-21(28)23-19(25)15-9-13-18(14-10-15)27-6-3/h7-14H,4-6H2,1-3H3,(H2,22,23,25,28). The van der Waals surface area contributed by atoms with Crippen LogP contribution in [0.3, 0.4) is 0 Å². The Hall–Kier alpha value is -2.93. The van der Waals surface area contributed by atoms with Gasteiger partial charge in [0.15, 0.2) is 5.11 Å². The summed E-state index contributed by atoms with van der Waals surface area (Å²) in [6.07, 6.45) is 0. The largest absolute Gasteiger partial charge is 0.494 e. The molecule has 2 aromatic rings. The fraction of sp³-hybridized carbons (Fsp3) is 0.286. The molecule has 0 aliphatic carbocycles. The second kappa shape index (κ2) is 10.4. The predicted octanol–water partition coefficient (Wildman–Crippen LogP) is 3.69. The molecule has 2 rings (SSSR count). The summed E-state index contributed by atoms with van der Waals surface area (Å²) in [5, 5.41) is 5.77. The summed E-state index contributed by atoms with van der Waals surface area (Å²) in [5.74, 6) is 0.385. The van der Waals surface area contributed by atoms with E-state index < -0.39 is 0 Å². The SMILES string of the molecule is CCOc1ccc(C(=O)NC(=S)Nc2ccc(C(=O)N(CC)CC)cc2)cc1. The fourth-order valence-electron chi connectivity index (χ4n) is 2.60. The number of nitrogens with one attached hydrogen (secondary N) is 2. The molecule has 0 heterocycles. The molecule has 0 fully saturated rings. The number of amides is 2. The molecule has 0 radical (unpaired) electrons. The maximum Gasteiger partial charge on any atom is 0.257 e. The zero-order valence-electron chi connectivity index (χ0n) is 16.3. The number of ether oxygens (including phenoxy) is 1. The fourth-order valence-corrected chi connectivity index (χ4v) is 2.81. The first kappa shape index (κ1) is 21.4. The van der Waals surface area contributed by atoms with Gasteiger partial charge in [0.25, 0.3) is 11.8 Å². The molecule has 0 atom stereocenters. The number of anilines is 1. The minimum atomic E-state index is -0.311. The van der Waals surface area contributed by atoms with Gasteiger partial charge in [-0.3, -0.25) is 14.9 Å². The third-order valence-electron chi connectivity index (χ3n) is 4.09. The molecule has 2 N–H and O–H groups in total. The molecule has 0 aliphatic heterocycles. The summed E-state index contributed by atoms with van der Waals surface area (Å²) < 4.78 is 5.36. The minimum Gasteiger partial charge on any atom is -0.494 e. The van der Waals surface area contributed by atoms with Crippen LogP contribution in [0.2, 0.25) is 0 Å². The van der Waals surface area contributed by atoms with Gasteiger partial charge in [-0.15, -0.1) is 0 Å². The van der Waals surface area contributed by atoms with Crippen LogP contribution in [0.15, 0.2) is 48.5 Å². The zero-order chi connectivity index (χ0) is 20.5. The van der Waals surface area contributed by atoms with Crippen molar-refractivity contribution < 1.29 is 14.3 Å². The van der Waals surface area contributed by atoms with Gasteiger partial charge in [-0.2, -0.15) is 0 Å². The van der Waals surface area contributed by atoms with Gasteiger partial charge < -0.3 is 15.0 Å². The number of hydrogen-bond acceptors (Lipinski definition) is 4. The van der Waals surface area contributed by atoms with Crippen LogP contribution in [0.1, 0.15) is 41.5 Å². The van der Waals surface area contributed by atoms with Gasteiger partial charge in [-0.1, -0.05) is 0 Å². The van der Waals surface area contributed by atoms with Gasteiger partial charge in [-0.25, -0.2) is 0 Å². The molecule has 148 valence electrons. The highest BCUT2D eigenvalue weighted by molar-refractivity contribution is 7.80. The maximum atomic E-state index is 12.3. The maximum absolute atomic E-state index is 12.3. The lowest BCUT2D eigenvalue weighted by Gasteiger charge is -2.18. The van der Waals surface area contributed by atoms with Crippen LogP contribution in [-0.4, -0.2) is 41.5 Å². The van der Waals surface area contributed by atoms with E-state index in [2.05, 4.69) is 10.6 Å². The van der Waals surface area contributed by atoms with Crippen molar-refractivity contribution in [3.8, 4) is 5.75 Å². The highest BCUT2D eigenvalue weighted by Crippen LogP contribution is 2.13. The monoisotopic (exact) mass is 399 g/mol. The summed E-state index contributed by atoms with van der Waals surface area (Å²) in [6, 6.07) is 13.8. The molecule has 2 aromatic carbocycles. The van der Waals surface area contributed by atoms with Crippen molar-refractivity contribution in [2.24, 2.45) is 0 Å². The molecule has 0 unspecified atom stereocenters. The number of carbonyl (C=O) groups excluding carboxylic acids is 2. The molecule has 0 aliphatic rings. The zero-order valence-corrected chi connectivity index (χ0v) is 17.1. The Morgan fingerprint density at radius 2 is 1.50 bits per heavy atom. The Bertz CT molecular complexity index is 816. The Balaban J connectivity index is 1.93. The van der Waals surface area contributed by atoms with E-state index in [1.165, 1.54) is 0 Å². The molecular formula is C21H25N3O3S. The van der Waals surface area contributed by atoms with Crippen molar-refractivity contribution in [1.82, 2.24) is 10.2 Å². The topological polar surface area (TPSA) is 70.7 Å². The molecule has 7 heteroatoms. The van der Waals surface area contributed by atoms with Gasteiger partial charge in [0.05, 0.1) is 6.61 Å². The first-order valence-corrected chi connectivity index (χ1v) is 9.63. The Morgan fingerprint density at radius 1 is 0.929 bits per heavy atom. The van der Waals surface area contributed by atoms with Gasteiger partial charge in [0.2, 0.25) is 0 Å². The molecule has 0 bridgehead atoms. The predicted molar refractivity (Wildman–Crippen MR) is 115 cm³/mol. The van der Waals surface area contributed by atoms with Crippen molar-refractivity contribution in [2.75, 3.05) is 25.0 Å². The highest BCUT2D eigenvalue weighted by atomic mass is 32.1. The molecule has 0 saturated heterocycles. The van der Waals surface area contributed by atoms with Crippen LogP contribution >= 0.6 is 12.2 Å². The van der Waals surface area contributed by atoms with Crippen LogP contribution in [0.25, 0.3) is 0 Å². The van der Waals surface area contributed by atoms with Crippen LogP contribution in [0.4, 0.5) is 5.69 Å². The number of hydrogen-bond donors (Lipinski definition) is 2. The first-order chi connectivity index (χ1) is 13.5. The Labute approximate surface area is 170 Å². The van der Waals surface area contributed by atoms with Crippen molar-refractivity contribution in [3.05, 3.63) is 59.7 Å². The number of carbonyl (C=O) groups is 2. The average Bonchev–Trinajstić information content (AvgIpc) is 2.70. The molecule has 6 nitrogen and oxygen atoms in total. The lowest BCUT2D eigenvalue weighted by molar-refractivity contribution is 0.0772. The lowest BCUT2D eigenvalue weighted by Crippen LogP contribution is -2.34. The Kier molecular flexibility index (Phi) is 7.95.